The van der Waals surface area contributed by atoms with Crippen LogP contribution in [-0.2, 0) is 6.18 Å². The number of alkyl halides is 3. The second-order valence-corrected chi connectivity index (χ2v) is 5.66. The van der Waals surface area contributed by atoms with Crippen LogP contribution in [0.2, 0.25) is 0 Å². The average Bonchev–Trinajstić information content (AvgIpc) is 2.69. The van der Waals surface area contributed by atoms with E-state index in [0.717, 1.165) is 17.4 Å². The Morgan fingerprint density at radius 1 is 1.26 bits per heavy atom. The van der Waals surface area contributed by atoms with Crippen molar-refractivity contribution in [3.05, 3.63) is 39.2 Å². The third-order valence-electron chi connectivity index (χ3n) is 2.41. The lowest BCUT2D eigenvalue weighted by Crippen LogP contribution is -2.06. The predicted molar refractivity (Wildman–Crippen MR) is 71.6 cm³/mol. The fourth-order valence-corrected chi connectivity index (χ4v) is 2.87. The molecule has 0 aliphatic heterocycles. The summed E-state index contributed by atoms with van der Waals surface area (Å²) < 4.78 is 39.3. The summed E-state index contributed by atoms with van der Waals surface area (Å²) in [5, 5.41) is 8.80. The lowest BCUT2D eigenvalue weighted by Gasteiger charge is -2.12. The lowest BCUT2D eigenvalue weighted by atomic mass is 10.1. The van der Waals surface area contributed by atoms with Crippen molar-refractivity contribution in [2.75, 3.05) is 5.73 Å². The predicted octanol–water partition coefficient (Wildman–Crippen LogP) is 4.65. The van der Waals surface area contributed by atoms with Gasteiger partial charge in [-0.15, -0.1) is 11.3 Å². The summed E-state index contributed by atoms with van der Waals surface area (Å²) in [5.41, 5.74) is 5.03. The molecule has 0 aliphatic carbocycles. The molecule has 0 atom stereocenters. The van der Waals surface area contributed by atoms with Crippen LogP contribution in [0.5, 0.6) is 0 Å². The summed E-state index contributed by atoms with van der Waals surface area (Å²) in [5.74, 6) is 0. The quantitative estimate of drug-likeness (QED) is 0.816. The molecule has 0 radical (unpaired) electrons. The summed E-state index contributed by atoms with van der Waals surface area (Å²) in [4.78, 5) is 0.542. The summed E-state index contributed by atoms with van der Waals surface area (Å²) in [6.45, 7) is 0. The number of nitrogen functional groups attached to an aromatic ring is 1. The standard InChI is InChI=1S/C12H6BrF3N2S/c13-6-1-2-7(8(3-6)12(14,15)16)10-4-9(18)11(5-17)19-10/h1-4H,18H2. The first-order valence-corrected chi connectivity index (χ1v) is 6.60. The van der Waals surface area contributed by atoms with Crippen molar-refractivity contribution in [1.82, 2.24) is 0 Å². The molecule has 1 aromatic heterocycles. The molecule has 7 heteroatoms. The molecule has 0 spiro atoms. The molecule has 19 heavy (non-hydrogen) atoms. The number of rotatable bonds is 1. The molecule has 0 bridgehead atoms. The second kappa shape index (κ2) is 4.87. The van der Waals surface area contributed by atoms with Crippen molar-refractivity contribution >= 4 is 33.0 Å². The molecule has 0 amide bonds. The number of thiophene rings is 1. The van der Waals surface area contributed by atoms with Gasteiger partial charge in [-0.05, 0) is 18.2 Å². The van der Waals surface area contributed by atoms with Crippen LogP contribution < -0.4 is 5.73 Å². The molecule has 1 aromatic carbocycles. The first-order valence-electron chi connectivity index (χ1n) is 4.99. The number of hydrogen-bond acceptors (Lipinski definition) is 3. The number of nitriles is 1. The van der Waals surface area contributed by atoms with E-state index >= 15 is 0 Å². The zero-order valence-electron chi connectivity index (χ0n) is 9.25. The van der Waals surface area contributed by atoms with Gasteiger partial charge in [0.1, 0.15) is 10.9 Å². The number of hydrogen-bond donors (Lipinski definition) is 1. The molecule has 2 aromatic rings. The molecule has 0 fully saturated rings. The number of halogens is 4. The Morgan fingerprint density at radius 2 is 1.95 bits per heavy atom. The molecule has 98 valence electrons. The highest BCUT2D eigenvalue weighted by molar-refractivity contribution is 9.10. The maximum Gasteiger partial charge on any atom is 0.417 e. The van der Waals surface area contributed by atoms with Crippen molar-refractivity contribution < 1.29 is 13.2 Å². The molecule has 2 rings (SSSR count). The van der Waals surface area contributed by atoms with E-state index in [0.29, 0.717) is 9.35 Å². The fraction of sp³-hybridized carbons (Fsp3) is 0.0833. The van der Waals surface area contributed by atoms with Gasteiger partial charge < -0.3 is 5.73 Å². The minimum atomic E-state index is -4.47. The van der Waals surface area contributed by atoms with E-state index in [1.165, 1.54) is 18.2 Å². The largest absolute Gasteiger partial charge is 0.417 e. The minimum absolute atomic E-state index is 0.0221. The molecular formula is C12H6BrF3N2S. The molecule has 2 N–H and O–H groups in total. The Kier molecular flexibility index (Phi) is 3.56. The van der Waals surface area contributed by atoms with Crippen LogP contribution in [0.25, 0.3) is 10.4 Å². The SMILES string of the molecule is N#Cc1sc(-c2ccc(Br)cc2C(F)(F)F)cc1N. The fourth-order valence-electron chi connectivity index (χ4n) is 1.59. The maximum atomic E-state index is 13.0. The minimum Gasteiger partial charge on any atom is -0.397 e. The Bertz CT molecular complexity index is 671. The Hall–Kier alpha value is -1.52. The highest BCUT2D eigenvalue weighted by Gasteiger charge is 2.34. The van der Waals surface area contributed by atoms with Gasteiger partial charge in [-0.3, -0.25) is 0 Å². The van der Waals surface area contributed by atoms with E-state index in [9.17, 15) is 13.2 Å². The van der Waals surface area contributed by atoms with Crippen LogP contribution >= 0.6 is 27.3 Å². The van der Waals surface area contributed by atoms with Crippen molar-refractivity contribution in [3.8, 4) is 16.5 Å². The van der Waals surface area contributed by atoms with Crippen LogP contribution in [0.3, 0.4) is 0 Å². The lowest BCUT2D eigenvalue weighted by molar-refractivity contribution is -0.137. The van der Waals surface area contributed by atoms with E-state index < -0.39 is 11.7 Å². The number of benzene rings is 1. The molecule has 0 aliphatic rings. The second-order valence-electron chi connectivity index (χ2n) is 3.69. The van der Waals surface area contributed by atoms with Gasteiger partial charge in [0.25, 0.3) is 0 Å². The van der Waals surface area contributed by atoms with Crippen LogP contribution in [0, 0.1) is 11.3 Å². The zero-order chi connectivity index (χ0) is 14.2. The summed E-state index contributed by atoms with van der Waals surface area (Å²) in [6, 6.07) is 7.14. The van der Waals surface area contributed by atoms with Crippen molar-refractivity contribution in [2.45, 2.75) is 6.18 Å². The normalized spacial score (nSPS) is 11.3. The molecule has 0 saturated carbocycles. The van der Waals surface area contributed by atoms with Gasteiger partial charge in [0.05, 0.1) is 11.3 Å². The molecule has 1 heterocycles. The average molecular weight is 347 g/mol. The van der Waals surface area contributed by atoms with Gasteiger partial charge in [0, 0.05) is 14.9 Å². The Balaban J connectivity index is 2.65. The summed E-state index contributed by atoms with van der Waals surface area (Å²) in [7, 11) is 0. The zero-order valence-corrected chi connectivity index (χ0v) is 11.7. The Labute approximate surface area is 119 Å². The maximum absolute atomic E-state index is 13.0. The summed E-state index contributed by atoms with van der Waals surface area (Å²) in [6.07, 6.45) is -4.47. The van der Waals surface area contributed by atoms with Crippen molar-refractivity contribution in [2.24, 2.45) is 0 Å². The molecular weight excluding hydrogens is 341 g/mol. The molecule has 0 unspecified atom stereocenters. The monoisotopic (exact) mass is 346 g/mol. The van der Waals surface area contributed by atoms with E-state index in [4.69, 9.17) is 11.0 Å². The molecule has 2 nitrogen and oxygen atoms in total. The number of anilines is 1. The van der Waals surface area contributed by atoms with Gasteiger partial charge in [0.2, 0.25) is 0 Å². The van der Waals surface area contributed by atoms with E-state index in [1.54, 1.807) is 0 Å². The highest BCUT2D eigenvalue weighted by atomic mass is 79.9. The summed E-state index contributed by atoms with van der Waals surface area (Å²) >= 11 is 3.97. The van der Waals surface area contributed by atoms with Crippen LogP contribution in [-0.4, -0.2) is 0 Å². The van der Waals surface area contributed by atoms with Crippen LogP contribution in [0.1, 0.15) is 10.4 Å². The third-order valence-corrected chi connectivity index (χ3v) is 4.00. The van der Waals surface area contributed by atoms with Gasteiger partial charge >= 0.3 is 6.18 Å². The third kappa shape index (κ3) is 2.74. The van der Waals surface area contributed by atoms with Gasteiger partial charge in [-0.2, -0.15) is 18.4 Å². The van der Waals surface area contributed by atoms with Crippen molar-refractivity contribution in [3.63, 3.8) is 0 Å². The van der Waals surface area contributed by atoms with E-state index in [2.05, 4.69) is 15.9 Å². The van der Waals surface area contributed by atoms with Crippen LogP contribution in [0.15, 0.2) is 28.7 Å². The number of nitrogens with zero attached hydrogens (tertiary/aromatic N) is 1. The van der Waals surface area contributed by atoms with Gasteiger partial charge in [0.15, 0.2) is 0 Å². The van der Waals surface area contributed by atoms with Crippen LogP contribution in [0.4, 0.5) is 18.9 Å². The van der Waals surface area contributed by atoms with Gasteiger partial charge in [-0.1, -0.05) is 22.0 Å². The number of nitrogens with two attached hydrogens (primary N) is 1. The van der Waals surface area contributed by atoms with Gasteiger partial charge in [-0.25, -0.2) is 0 Å². The smallest absolute Gasteiger partial charge is 0.397 e. The first kappa shape index (κ1) is 13.9. The highest BCUT2D eigenvalue weighted by Crippen LogP contribution is 2.42. The Morgan fingerprint density at radius 3 is 2.47 bits per heavy atom. The topological polar surface area (TPSA) is 49.8 Å². The first-order chi connectivity index (χ1) is 8.82. The van der Waals surface area contributed by atoms with E-state index in [-0.39, 0.29) is 16.1 Å². The molecule has 0 saturated heterocycles. The van der Waals surface area contributed by atoms with E-state index in [1.807, 2.05) is 6.07 Å². The van der Waals surface area contributed by atoms with Crippen molar-refractivity contribution in [1.29, 1.82) is 5.26 Å².